The fourth-order valence-electron chi connectivity index (χ4n) is 0.995. The first kappa shape index (κ1) is 9.81. The van der Waals surface area contributed by atoms with E-state index in [4.69, 9.17) is 16.3 Å². The van der Waals surface area contributed by atoms with Crippen LogP contribution >= 0.6 is 11.6 Å². The van der Waals surface area contributed by atoms with E-state index in [9.17, 15) is 4.79 Å². The third kappa shape index (κ3) is 2.60. The molecule has 0 amide bonds. The lowest BCUT2D eigenvalue weighted by Crippen LogP contribution is -1.98. The Bertz CT molecular complexity index is 345. The minimum Gasteiger partial charge on any atom is -0.414 e. The monoisotopic (exact) mass is 196 g/mol. The second-order valence-electron chi connectivity index (χ2n) is 2.62. The third-order valence-electron chi connectivity index (χ3n) is 1.54. The highest BCUT2D eigenvalue weighted by molar-refractivity contribution is 6.61. The predicted molar refractivity (Wildman–Crippen MR) is 53.0 cm³/mol. The van der Waals surface area contributed by atoms with Gasteiger partial charge in [0.05, 0.1) is 0 Å². The van der Waals surface area contributed by atoms with Crippen molar-refractivity contribution in [1.29, 1.82) is 0 Å². The third-order valence-corrected chi connectivity index (χ3v) is 1.61. The van der Waals surface area contributed by atoms with Crippen LogP contribution in [0, 0.1) is 0 Å². The van der Waals surface area contributed by atoms with Gasteiger partial charge in [0.1, 0.15) is 5.75 Å². The molecule has 13 heavy (non-hydrogen) atoms. The lowest BCUT2D eigenvalue weighted by molar-refractivity contribution is 0.225. The molecule has 0 unspecified atom stereocenters. The molecule has 0 fully saturated rings. The van der Waals surface area contributed by atoms with E-state index in [2.05, 4.69) is 6.58 Å². The average molecular weight is 197 g/mol. The van der Waals surface area contributed by atoms with Gasteiger partial charge in [0.15, 0.2) is 0 Å². The summed E-state index contributed by atoms with van der Waals surface area (Å²) in [6.45, 7) is 5.59. The summed E-state index contributed by atoms with van der Waals surface area (Å²) < 4.78 is 4.77. The zero-order valence-electron chi connectivity index (χ0n) is 7.21. The van der Waals surface area contributed by atoms with Gasteiger partial charge in [-0.2, -0.15) is 0 Å². The van der Waals surface area contributed by atoms with Crippen LogP contribution < -0.4 is 4.74 Å². The van der Waals surface area contributed by atoms with Gasteiger partial charge in [0.25, 0.3) is 0 Å². The molecule has 3 heteroatoms. The van der Waals surface area contributed by atoms with E-state index in [1.54, 1.807) is 12.1 Å². The van der Waals surface area contributed by atoms with Crippen LogP contribution in [0.1, 0.15) is 12.5 Å². The van der Waals surface area contributed by atoms with E-state index in [1.807, 2.05) is 19.1 Å². The smallest absolute Gasteiger partial charge is 0.409 e. The van der Waals surface area contributed by atoms with Crippen molar-refractivity contribution in [2.45, 2.75) is 6.92 Å². The molecule has 0 saturated carbocycles. The summed E-state index contributed by atoms with van der Waals surface area (Å²) in [7, 11) is 0. The molecule has 0 aromatic heterocycles. The molecule has 0 bridgehead atoms. The summed E-state index contributed by atoms with van der Waals surface area (Å²) in [5.41, 5.74) is 0.777. The molecular weight excluding hydrogens is 188 g/mol. The highest BCUT2D eigenvalue weighted by Gasteiger charge is 2.05. The number of ether oxygens (including phenoxy) is 1. The maximum atomic E-state index is 10.5. The first-order chi connectivity index (χ1) is 6.11. The van der Waals surface area contributed by atoms with Crippen LogP contribution in [0.3, 0.4) is 0 Å². The van der Waals surface area contributed by atoms with E-state index in [-0.39, 0.29) is 0 Å². The largest absolute Gasteiger partial charge is 0.414 e. The second kappa shape index (κ2) is 4.10. The number of carbonyl (C=O) groups is 1. The molecule has 0 spiro atoms. The van der Waals surface area contributed by atoms with E-state index in [0.29, 0.717) is 5.75 Å². The van der Waals surface area contributed by atoms with E-state index in [1.165, 1.54) is 0 Å². The fourth-order valence-corrected chi connectivity index (χ4v) is 1.08. The van der Waals surface area contributed by atoms with Crippen molar-refractivity contribution >= 4 is 22.6 Å². The Labute approximate surface area is 81.8 Å². The van der Waals surface area contributed by atoms with Crippen LogP contribution in [0.25, 0.3) is 5.57 Å². The number of carbonyl (C=O) groups excluding carboxylic acids is 1. The van der Waals surface area contributed by atoms with Gasteiger partial charge in [-0.15, -0.1) is 0 Å². The molecule has 2 nitrogen and oxygen atoms in total. The van der Waals surface area contributed by atoms with E-state index < -0.39 is 5.43 Å². The molecule has 0 aliphatic carbocycles. The summed E-state index contributed by atoms with van der Waals surface area (Å²) in [5, 5.41) is 0. The fraction of sp³-hybridized carbons (Fsp3) is 0.100. The number of benzene rings is 1. The average Bonchev–Trinajstić information content (AvgIpc) is 2.03. The molecule has 1 aromatic carbocycles. The van der Waals surface area contributed by atoms with Crippen LogP contribution in [0.2, 0.25) is 0 Å². The Morgan fingerprint density at radius 2 is 2.08 bits per heavy atom. The minimum atomic E-state index is -0.839. The normalized spacial score (nSPS) is 9.38. The zero-order valence-corrected chi connectivity index (χ0v) is 7.97. The molecule has 1 rings (SSSR count). The first-order valence-corrected chi connectivity index (χ1v) is 4.11. The first-order valence-electron chi connectivity index (χ1n) is 3.73. The van der Waals surface area contributed by atoms with Gasteiger partial charge < -0.3 is 4.74 Å². The summed E-state index contributed by atoms with van der Waals surface area (Å²) in [6.07, 6.45) is 0. The molecule has 0 N–H and O–H groups in total. The maximum Gasteiger partial charge on any atom is 0.409 e. The van der Waals surface area contributed by atoms with Crippen LogP contribution in [0.5, 0.6) is 5.75 Å². The van der Waals surface area contributed by atoms with Gasteiger partial charge in [-0.1, -0.05) is 24.8 Å². The second-order valence-corrected chi connectivity index (χ2v) is 2.92. The van der Waals surface area contributed by atoms with Crippen molar-refractivity contribution in [1.82, 2.24) is 0 Å². The van der Waals surface area contributed by atoms with Crippen molar-refractivity contribution in [3.05, 3.63) is 36.4 Å². The SMILES string of the molecule is C=C(C)c1ccccc1OC(=O)Cl. The van der Waals surface area contributed by atoms with Crippen LogP contribution in [0.15, 0.2) is 30.8 Å². The molecule has 0 saturated heterocycles. The Kier molecular flexibility index (Phi) is 3.09. The highest BCUT2D eigenvalue weighted by atomic mass is 35.5. The van der Waals surface area contributed by atoms with E-state index in [0.717, 1.165) is 11.1 Å². The lowest BCUT2D eigenvalue weighted by Gasteiger charge is -2.06. The van der Waals surface area contributed by atoms with E-state index >= 15 is 0 Å². The number of para-hydroxylation sites is 1. The Morgan fingerprint density at radius 1 is 1.46 bits per heavy atom. The molecule has 1 aromatic rings. The molecule has 0 radical (unpaired) electrons. The van der Waals surface area contributed by atoms with Gasteiger partial charge in [-0.25, -0.2) is 4.79 Å². The zero-order chi connectivity index (χ0) is 9.84. The molecule has 0 atom stereocenters. The molecule has 0 aliphatic heterocycles. The summed E-state index contributed by atoms with van der Waals surface area (Å²) in [6, 6.07) is 7.10. The summed E-state index contributed by atoms with van der Waals surface area (Å²) in [4.78, 5) is 10.5. The van der Waals surface area contributed by atoms with Crippen LogP contribution in [-0.2, 0) is 0 Å². The lowest BCUT2D eigenvalue weighted by atomic mass is 10.1. The number of hydrogen-bond donors (Lipinski definition) is 0. The Morgan fingerprint density at radius 3 is 2.62 bits per heavy atom. The van der Waals surface area contributed by atoms with Crippen molar-refractivity contribution in [2.24, 2.45) is 0 Å². The minimum absolute atomic E-state index is 0.440. The van der Waals surface area contributed by atoms with Gasteiger partial charge in [-0.05, 0) is 18.6 Å². The molecular formula is C10H9ClO2. The maximum absolute atomic E-state index is 10.5. The quantitative estimate of drug-likeness (QED) is 0.678. The highest BCUT2D eigenvalue weighted by Crippen LogP contribution is 2.24. The van der Waals surface area contributed by atoms with Crippen molar-refractivity contribution in [2.75, 3.05) is 0 Å². The number of rotatable bonds is 2. The van der Waals surface area contributed by atoms with Crippen LogP contribution in [0.4, 0.5) is 4.79 Å². The number of hydrogen-bond acceptors (Lipinski definition) is 2. The Balaban J connectivity index is 3.04. The molecule has 68 valence electrons. The van der Waals surface area contributed by atoms with Gasteiger partial charge in [0.2, 0.25) is 0 Å². The number of halogens is 1. The summed E-state index contributed by atoms with van der Waals surface area (Å²) in [5.74, 6) is 0.440. The predicted octanol–water partition coefficient (Wildman–Crippen LogP) is 3.46. The molecule has 0 heterocycles. The van der Waals surface area contributed by atoms with Crippen molar-refractivity contribution in [3.8, 4) is 5.75 Å². The number of allylic oxidation sites excluding steroid dienone is 1. The van der Waals surface area contributed by atoms with Gasteiger partial charge >= 0.3 is 5.43 Å². The Hall–Kier alpha value is -1.28. The van der Waals surface area contributed by atoms with Gasteiger partial charge in [-0.3, -0.25) is 0 Å². The van der Waals surface area contributed by atoms with Crippen LogP contribution in [-0.4, -0.2) is 5.43 Å². The summed E-state index contributed by atoms with van der Waals surface area (Å²) >= 11 is 5.10. The topological polar surface area (TPSA) is 26.3 Å². The standard InChI is InChI=1S/C10H9ClO2/c1-7(2)8-5-3-4-6-9(8)13-10(11)12/h3-6H,1H2,2H3. The van der Waals surface area contributed by atoms with Crippen molar-refractivity contribution in [3.63, 3.8) is 0 Å². The van der Waals surface area contributed by atoms with Crippen molar-refractivity contribution < 1.29 is 9.53 Å². The van der Waals surface area contributed by atoms with Gasteiger partial charge in [0, 0.05) is 17.2 Å². The molecule has 0 aliphatic rings.